The first-order valence-electron chi connectivity index (χ1n) is 13.2. The largest absolute Gasteiger partial charge is 0.243 e. The first kappa shape index (κ1) is 22.2. The van der Waals surface area contributed by atoms with Gasteiger partial charge in [-0.15, -0.1) is 0 Å². The first-order valence-corrected chi connectivity index (χ1v) is 13.2. The molecule has 0 spiro atoms. The zero-order valence-corrected chi connectivity index (χ0v) is 21.6. The van der Waals surface area contributed by atoms with Gasteiger partial charge in [0.2, 0.25) is 0 Å². The molecule has 0 N–H and O–H groups in total. The highest BCUT2D eigenvalue weighted by Gasteiger charge is 2.26. The molecule has 0 radical (unpaired) electrons. The average Bonchev–Trinajstić information content (AvgIpc) is 3.54. The number of hydrogen-bond donors (Lipinski definition) is 0. The summed E-state index contributed by atoms with van der Waals surface area (Å²) in [5.41, 5.74) is 4.62. The Morgan fingerprint density at radius 3 is 1.67 bits per heavy atom. The molecule has 186 valence electrons. The van der Waals surface area contributed by atoms with Crippen molar-refractivity contribution in [2.75, 3.05) is 0 Å². The second-order valence-electron chi connectivity index (χ2n) is 10.4. The molecule has 8 aromatic carbocycles. The molecule has 0 amide bonds. The molecule has 42 heavy (non-hydrogen) atoms. The minimum absolute atomic E-state index is 0.432. The molecule has 1 heterocycles. The van der Waals surface area contributed by atoms with Gasteiger partial charge < -0.3 is 0 Å². The van der Waals surface area contributed by atoms with E-state index in [2.05, 4.69) is 21.8 Å². The van der Waals surface area contributed by atoms with Gasteiger partial charge in [0, 0.05) is 37.7 Å². The number of fused-ring (bicyclic) bond motifs is 10. The van der Waals surface area contributed by atoms with Crippen molar-refractivity contribution in [1.29, 1.82) is 10.5 Å². The Kier molecular flexibility index (Phi) is 3.99. The van der Waals surface area contributed by atoms with Crippen molar-refractivity contribution in [2.24, 2.45) is 0 Å². The maximum absolute atomic E-state index is 10.3. The van der Waals surface area contributed by atoms with Gasteiger partial charge in [-0.25, -0.2) is 19.7 Å². The lowest BCUT2D eigenvalue weighted by Crippen LogP contribution is -1.89. The zero-order chi connectivity index (χ0) is 28.3. The van der Waals surface area contributed by atoms with Gasteiger partial charge in [0.15, 0.2) is 11.4 Å². The van der Waals surface area contributed by atoms with Crippen LogP contribution >= 0.6 is 0 Å². The average molecular weight is 529 g/mol. The topological polar surface area (TPSA) is 82.1 Å². The molecule has 0 atom stereocenters. The Bertz CT molecular complexity index is 2690. The number of nitrogens with zero attached hydrogens (tertiary/aromatic N) is 6. The van der Waals surface area contributed by atoms with Crippen molar-refractivity contribution >= 4 is 98.1 Å². The molecule has 0 saturated heterocycles. The van der Waals surface area contributed by atoms with Crippen LogP contribution in [-0.2, 0) is 0 Å². The summed E-state index contributed by atoms with van der Waals surface area (Å²) in [6, 6.07) is 27.5. The third kappa shape index (κ3) is 2.38. The lowest BCUT2D eigenvalue weighted by molar-refractivity contribution is 1.46. The van der Waals surface area contributed by atoms with E-state index < -0.39 is 0 Å². The van der Waals surface area contributed by atoms with Crippen LogP contribution in [0.1, 0.15) is 11.1 Å². The summed E-state index contributed by atoms with van der Waals surface area (Å²) in [6.45, 7) is 15.9. The quantitative estimate of drug-likeness (QED) is 0.145. The van der Waals surface area contributed by atoms with Crippen LogP contribution in [0.3, 0.4) is 0 Å². The fourth-order valence-electron chi connectivity index (χ4n) is 7.04. The van der Waals surface area contributed by atoms with Gasteiger partial charge in [0.25, 0.3) is 0 Å². The highest BCUT2D eigenvalue weighted by molar-refractivity contribution is 6.42. The number of hydrogen-bond acceptors (Lipinski definition) is 4. The molecule has 0 bridgehead atoms. The fourth-order valence-corrected chi connectivity index (χ4v) is 7.04. The van der Waals surface area contributed by atoms with E-state index in [0.717, 1.165) is 53.9 Å². The van der Waals surface area contributed by atoms with Gasteiger partial charge in [0.1, 0.15) is 6.07 Å². The van der Waals surface area contributed by atoms with E-state index in [1.807, 2.05) is 60.7 Å². The van der Waals surface area contributed by atoms with Gasteiger partial charge in [0.05, 0.1) is 52.4 Å². The Balaban J connectivity index is 1.64. The summed E-state index contributed by atoms with van der Waals surface area (Å²) in [5, 5.41) is 30.0. The maximum atomic E-state index is 10.3. The van der Waals surface area contributed by atoms with E-state index in [0.29, 0.717) is 55.3 Å². The van der Waals surface area contributed by atoms with E-state index in [1.165, 1.54) is 0 Å². The Morgan fingerprint density at radius 1 is 0.500 bits per heavy atom. The summed E-state index contributed by atoms with van der Waals surface area (Å²) in [4.78, 5) is 18.3. The number of rotatable bonds is 0. The van der Waals surface area contributed by atoms with Crippen molar-refractivity contribution in [3.63, 3.8) is 0 Å². The van der Waals surface area contributed by atoms with E-state index in [1.54, 1.807) is 12.1 Å². The van der Waals surface area contributed by atoms with Crippen molar-refractivity contribution in [3.8, 4) is 12.1 Å². The molecule has 0 aliphatic heterocycles. The van der Waals surface area contributed by atoms with Gasteiger partial charge in [-0.3, -0.25) is 0 Å². The van der Waals surface area contributed by atoms with Crippen LogP contribution in [0.25, 0.3) is 96.4 Å². The minimum atomic E-state index is 0.432. The van der Waals surface area contributed by atoms with E-state index in [9.17, 15) is 10.5 Å². The second-order valence-corrected chi connectivity index (χ2v) is 10.4. The smallest absolute Gasteiger partial charge is 0.192 e. The van der Waals surface area contributed by atoms with Crippen molar-refractivity contribution < 1.29 is 0 Å². The number of aromatic nitrogens is 2. The lowest BCUT2D eigenvalue weighted by Gasteiger charge is -2.09. The van der Waals surface area contributed by atoms with Crippen LogP contribution in [0.15, 0.2) is 72.8 Å². The molecule has 0 saturated carbocycles. The molecule has 0 aliphatic rings. The predicted octanol–water partition coefficient (Wildman–Crippen LogP) is 9.42. The van der Waals surface area contributed by atoms with Crippen molar-refractivity contribution in [3.05, 3.63) is 107 Å². The molecule has 0 aliphatic carbocycles. The third-order valence-electron chi connectivity index (χ3n) is 8.64. The molecule has 6 heteroatoms. The standard InChI is InChI=1S/C36H12N6/c1-39-25-14-13-23-28-30(20-9-5-6-10-21(20)32(40-2)31(25)28)36-34(23)42-35-29-19-8-4-3-7-18(19)24(16-38)26-17(15-37)11-12-22(27(26)29)33(35)41-36/h3-14H. The predicted molar refractivity (Wildman–Crippen MR) is 166 cm³/mol. The fraction of sp³-hybridized carbons (Fsp3) is 0. The van der Waals surface area contributed by atoms with E-state index >= 15 is 0 Å². The molecule has 9 rings (SSSR count). The highest BCUT2D eigenvalue weighted by atomic mass is 14.8. The van der Waals surface area contributed by atoms with Crippen LogP contribution in [0.2, 0.25) is 0 Å². The summed E-state index contributed by atoms with van der Waals surface area (Å²) in [5.74, 6) is 0. The maximum Gasteiger partial charge on any atom is 0.192 e. The van der Waals surface area contributed by atoms with Crippen LogP contribution in [0.4, 0.5) is 11.4 Å². The van der Waals surface area contributed by atoms with E-state index in [4.69, 9.17) is 23.1 Å². The van der Waals surface area contributed by atoms with Gasteiger partial charge in [-0.2, -0.15) is 10.5 Å². The summed E-state index contributed by atoms with van der Waals surface area (Å²) in [7, 11) is 0. The Labute approximate surface area is 237 Å². The van der Waals surface area contributed by atoms with Crippen LogP contribution in [0, 0.1) is 35.8 Å². The van der Waals surface area contributed by atoms with Crippen LogP contribution < -0.4 is 0 Å². The van der Waals surface area contributed by atoms with Crippen LogP contribution in [0.5, 0.6) is 0 Å². The molecule has 1 aromatic heterocycles. The van der Waals surface area contributed by atoms with Gasteiger partial charge in [-0.05, 0) is 33.0 Å². The lowest BCUT2D eigenvalue weighted by atomic mass is 9.92. The zero-order valence-electron chi connectivity index (χ0n) is 21.6. The molecule has 0 unspecified atom stereocenters. The molecular formula is C36H12N6. The second kappa shape index (κ2) is 7.53. The number of nitriles is 2. The van der Waals surface area contributed by atoms with Crippen molar-refractivity contribution in [2.45, 2.75) is 0 Å². The molecule has 6 nitrogen and oxygen atoms in total. The van der Waals surface area contributed by atoms with Crippen LogP contribution in [-0.4, -0.2) is 9.97 Å². The first-order chi connectivity index (χ1) is 20.7. The monoisotopic (exact) mass is 528 g/mol. The Hall–Kier alpha value is -6.60. The van der Waals surface area contributed by atoms with Crippen molar-refractivity contribution in [1.82, 2.24) is 9.97 Å². The Morgan fingerprint density at radius 2 is 1.07 bits per heavy atom. The summed E-state index contributed by atoms with van der Waals surface area (Å²) < 4.78 is 0. The number of benzene rings is 6. The van der Waals surface area contributed by atoms with Gasteiger partial charge >= 0.3 is 0 Å². The minimum Gasteiger partial charge on any atom is -0.243 e. The SMILES string of the molecule is [C-]#[N+]c1ccc2c3nc4c(nc3c3c5ccccc5c([N+]#[C-])c1c23)c1ccc(C#N)c2c(C#N)c3ccccc3c4c21. The molecular weight excluding hydrogens is 516 g/mol. The molecule has 0 fully saturated rings. The van der Waals surface area contributed by atoms with Gasteiger partial charge in [-0.1, -0.05) is 66.7 Å². The molecule has 9 aromatic rings. The summed E-state index contributed by atoms with van der Waals surface area (Å²) in [6.07, 6.45) is 0. The normalized spacial score (nSPS) is 11.7. The van der Waals surface area contributed by atoms with E-state index in [-0.39, 0.29) is 0 Å². The summed E-state index contributed by atoms with van der Waals surface area (Å²) >= 11 is 0. The highest BCUT2D eigenvalue weighted by Crippen LogP contribution is 2.51. The third-order valence-corrected chi connectivity index (χ3v) is 8.64.